The third-order valence-electron chi connectivity index (χ3n) is 3.33. The van der Waals surface area contributed by atoms with Crippen molar-refractivity contribution >= 4 is 12.1 Å². The van der Waals surface area contributed by atoms with Crippen molar-refractivity contribution in [2.75, 3.05) is 19.7 Å². The molecule has 1 rings (SSSR count). The molecular formula is C11H11F6NO4. The molecule has 5 nitrogen and oxygen atoms in total. The highest BCUT2D eigenvalue weighted by molar-refractivity contribution is 5.76. The minimum atomic E-state index is -5.90. The van der Waals surface area contributed by atoms with Gasteiger partial charge in [0.2, 0.25) is 0 Å². The fourth-order valence-electron chi connectivity index (χ4n) is 2.24. The van der Waals surface area contributed by atoms with Crippen molar-refractivity contribution in [2.24, 2.45) is 11.3 Å². The Bertz CT molecular complexity index is 458. The molecule has 0 spiro atoms. The van der Waals surface area contributed by atoms with Gasteiger partial charge in [0.1, 0.15) is 6.61 Å². The zero-order valence-electron chi connectivity index (χ0n) is 10.9. The van der Waals surface area contributed by atoms with Gasteiger partial charge in [-0.1, -0.05) is 12.7 Å². The molecule has 22 heavy (non-hydrogen) atoms. The molecule has 1 fully saturated rings. The second kappa shape index (κ2) is 5.69. The van der Waals surface area contributed by atoms with Crippen LogP contribution in [0, 0.1) is 11.3 Å². The number of carbonyl (C=O) groups is 2. The standard InChI is InChI=1S/C11H11F6NO4/c1-2-3-22-8(21)18-4-6(7(19)20)9(5-18,10(12,13)14)11(15,16)17/h2,6H,1,3-5H2,(H,19,20). The highest BCUT2D eigenvalue weighted by atomic mass is 19.4. The summed E-state index contributed by atoms with van der Waals surface area (Å²) in [7, 11) is 0. The largest absolute Gasteiger partial charge is 0.481 e. The first-order valence-corrected chi connectivity index (χ1v) is 5.77. The Hall–Kier alpha value is -1.94. The van der Waals surface area contributed by atoms with E-state index in [0.717, 1.165) is 6.08 Å². The number of carbonyl (C=O) groups excluding carboxylic acids is 1. The van der Waals surface area contributed by atoms with Crippen LogP contribution in [-0.4, -0.2) is 54.1 Å². The molecule has 1 N–H and O–H groups in total. The van der Waals surface area contributed by atoms with E-state index in [0.29, 0.717) is 0 Å². The summed E-state index contributed by atoms with van der Waals surface area (Å²) in [5.41, 5.74) is -4.54. The van der Waals surface area contributed by atoms with Crippen LogP contribution < -0.4 is 0 Å². The van der Waals surface area contributed by atoms with E-state index < -0.39 is 55.4 Å². The maximum Gasteiger partial charge on any atom is 0.410 e. The summed E-state index contributed by atoms with van der Waals surface area (Å²) in [4.78, 5) is 22.4. The maximum absolute atomic E-state index is 13.0. The van der Waals surface area contributed by atoms with Crippen LogP contribution in [0.15, 0.2) is 12.7 Å². The van der Waals surface area contributed by atoms with Crippen LogP contribution in [0.4, 0.5) is 31.1 Å². The fourth-order valence-corrected chi connectivity index (χ4v) is 2.24. The molecule has 126 valence electrons. The lowest BCUT2D eigenvalue weighted by Crippen LogP contribution is -2.57. The summed E-state index contributed by atoms with van der Waals surface area (Å²) in [5, 5.41) is 8.76. The smallest absolute Gasteiger partial charge is 0.410 e. The van der Waals surface area contributed by atoms with E-state index in [9.17, 15) is 35.9 Å². The summed E-state index contributed by atoms with van der Waals surface area (Å²) < 4.78 is 82.6. The van der Waals surface area contributed by atoms with E-state index in [1.54, 1.807) is 0 Å². The van der Waals surface area contributed by atoms with Crippen molar-refractivity contribution in [3.8, 4) is 0 Å². The van der Waals surface area contributed by atoms with Gasteiger partial charge in [0, 0.05) is 13.1 Å². The molecule has 0 aliphatic carbocycles. The number of ether oxygens (including phenoxy) is 1. The monoisotopic (exact) mass is 335 g/mol. The number of likely N-dealkylation sites (tertiary alicyclic amines) is 1. The lowest BCUT2D eigenvalue weighted by Gasteiger charge is -2.36. The van der Waals surface area contributed by atoms with E-state index in [1.807, 2.05) is 0 Å². The van der Waals surface area contributed by atoms with Crippen molar-refractivity contribution in [3.05, 3.63) is 12.7 Å². The second-order valence-electron chi connectivity index (χ2n) is 4.60. The molecular weight excluding hydrogens is 324 g/mol. The number of hydrogen-bond donors (Lipinski definition) is 1. The zero-order valence-corrected chi connectivity index (χ0v) is 10.9. The normalized spacial score (nSPS) is 21.5. The van der Waals surface area contributed by atoms with E-state index >= 15 is 0 Å². The highest BCUT2D eigenvalue weighted by Gasteiger charge is 2.79. The molecule has 1 unspecified atom stereocenters. The summed E-state index contributed by atoms with van der Waals surface area (Å²) in [5.74, 6) is -5.17. The number of aliphatic carboxylic acids is 1. The van der Waals surface area contributed by atoms with Crippen LogP contribution in [0.5, 0.6) is 0 Å². The predicted octanol–water partition coefficient (Wildman–Crippen LogP) is 2.44. The molecule has 0 aromatic heterocycles. The first kappa shape index (κ1) is 18.1. The molecule has 1 aliphatic heterocycles. The average Bonchev–Trinajstić information content (AvgIpc) is 2.76. The topological polar surface area (TPSA) is 66.8 Å². The van der Waals surface area contributed by atoms with E-state index in [-0.39, 0.29) is 4.90 Å². The van der Waals surface area contributed by atoms with Crippen molar-refractivity contribution in [1.29, 1.82) is 0 Å². The highest BCUT2D eigenvalue weighted by Crippen LogP contribution is 2.58. The predicted molar refractivity (Wildman–Crippen MR) is 58.8 cm³/mol. The summed E-state index contributed by atoms with van der Waals surface area (Å²) in [6.45, 7) is -0.400. The first-order chi connectivity index (χ1) is 9.88. The number of carboxylic acid groups (broad SMARTS) is 1. The van der Waals surface area contributed by atoms with Gasteiger partial charge in [0.25, 0.3) is 0 Å². The molecule has 0 saturated carbocycles. The summed E-state index contributed by atoms with van der Waals surface area (Å²) in [6.07, 6.45) is -12.2. The lowest BCUT2D eigenvalue weighted by atomic mass is 9.76. The van der Waals surface area contributed by atoms with Crippen LogP contribution in [0.1, 0.15) is 0 Å². The Morgan fingerprint density at radius 1 is 1.27 bits per heavy atom. The van der Waals surface area contributed by atoms with Gasteiger partial charge in [-0.2, -0.15) is 26.3 Å². The molecule has 0 bridgehead atoms. The average molecular weight is 335 g/mol. The second-order valence-corrected chi connectivity index (χ2v) is 4.60. The zero-order chi connectivity index (χ0) is 17.3. The number of nitrogens with zero attached hydrogens (tertiary/aromatic N) is 1. The Morgan fingerprint density at radius 2 is 1.77 bits per heavy atom. The number of alkyl halides is 6. The van der Waals surface area contributed by atoms with Gasteiger partial charge in [-0.15, -0.1) is 0 Å². The van der Waals surface area contributed by atoms with Gasteiger partial charge in [0.05, 0.1) is 5.92 Å². The lowest BCUT2D eigenvalue weighted by molar-refractivity contribution is -0.346. The number of carboxylic acids is 1. The molecule has 0 aromatic rings. The van der Waals surface area contributed by atoms with Crippen LogP contribution >= 0.6 is 0 Å². The first-order valence-electron chi connectivity index (χ1n) is 5.77. The third-order valence-corrected chi connectivity index (χ3v) is 3.33. The quantitative estimate of drug-likeness (QED) is 0.635. The van der Waals surface area contributed by atoms with Gasteiger partial charge in [-0.05, 0) is 0 Å². The van der Waals surface area contributed by atoms with Crippen molar-refractivity contribution in [2.45, 2.75) is 12.4 Å². The van der Waals surface area contributed by atoms with Crippen LogP contribution in [0.25, 0.3) is 0 Å². The van der Waals surface area contributed by atoms with E-state index in [2.05, 4.69) is 11.3 Å². The van der Waals surface area contributed by atoms with E-state index in [1.165, 1.54) is 0 Å². The summed E-state index contributed by atoms with van der Waals surface area (Å²) >= 11 is 0. The van der Waals surface area contributed by atoms with E-state index in [4.69, 9.17) is 5.11 Å². The molecule has 1 aliphatic rings. The Kier molecular flexibility index (Phi) is 4.68. The molecule has 1 heterocycles. The molecule has 1 atom stereocenters. The van der Waals surface area contributed by atoms with Gasteiger partial charge >= 0.3 is 24.4 Å². The van der Waals surface area contributed by atoms with Crippen molar-refractivity contribution < 1.29 is 45.8 Å². The number of amides is 1. The van der Waals surface area contributed by atoms with Gasteiger partial charge < -0.3 is 14.7 Å². The molecule has 1 amide bonds. The minimum absolute atomic E-state index is 0.0866. The van der Waals surface area contributed by atoms with Crippen LogP contribution in [0.3, 0.4) is 0 Å². The minimum Gasteiger partial charge on any atom is -0.481 e. The Labute approximate surface area is 120 Å². The SMILES string of the molecule is C=CCOC(=O)N1CC(C(=O)O)C(C(F)(F)F)(C(F)(F)F)C1. The van der Waals surface area contributed by atoms with Crippen molar-refractivity contribution in [1.82, 2.24) is 4.90 Å². The van der Waals surface area contributed by atoms with Gasteiger partial charge in [0.15, 0.2) is 5.41 Å². The Morgan fingerprint density at radius 3 is 2.09 bits per heavy atom. The Balaban J connectivity index is 3.27. The molecule has 0 aromatic carbocycles. The van der Waals surface area contributed by atoms with Crippen LogP contribution in [0.2, 0.25) is 0 Å². The molecule has 11 heteroatoms. The fraction of sp³-hybridized carbons (Fsp3) is 0.636. The number of rotatable bonds is 3. The van der Waals surface area contributed by atoms with Crippen LogP contribution in [-0.2, 0) is 9.53 Å². The summed E-state index contributed by atoms with van der Waals surface area (Å²) in [6, 6.07) is 0. The van der Waals surface area contributed by atoms with Gasteiger partial charge in [-0.3, -0.25) is 4.79 Å². The van der Waals surface area contributed by atoms with Gasteiger partial charge in [-0.25, -0.2) is 4.79 Å². The van der Waals surface area contributed by atoms with Crippen molar-refractivity contribution in [3.63, 3.8) is 0 Å². The maximum atomic E-state index is 13.0. The number of halogens is 6. The molecule has 0 radical (unpaired) electrons. The molecule has 1 saturated heterocycles. The third kappa shape index (κ3) is 2.83. The number of hydrogen-bond acceptors (Lipinski definition) is 3.